The largest absolute Gasteiger partial charge is 0.461 e. The van der Waals surface area contributed by atoms with Crippen molar-refractivity contribution in [3.8, 4) is 0 Å². The number of carbonyl (C=O) groups is 1. The third-order valence-electron chi connectivity index (χ3n) is 4.24. The van der Waals surface area contributed by atoms with Gasteiger partial charge in [-0.3, -0.25) is 4.90 Å². The Morgan fingerprint density at radius 2 is 2.22 bits per heavy atom. The monoisotopic (exact) mass is 333 g/mol. The average Bonchev–Trinajstić information content (AvgIpc) is 3.18. The summed E-state index contributed by atoms with van der Waals surface area (Å²) in [5.41, 5.74) is 1.82. The zero-order valence-electron chi connectivity index (χ0n) is 13.7. The second kappa shape index (κ2) is 7.27. The van der Waals surface area contributed by atoms with Crippen LogP contribution < -0.4 is 0 Å². The summed E-state index contributed by atoms with van der Waals surface area (Å²) < 4.78 is 7.10. The van der Waals surface area contributed by atoms with Crippen LogP contribution in [0.1, 0.15) is 46.7 Å². The van der Waals surface area contributed by atoms with Gasteiger partial charge in [0.2, 0.25) is 0 Å². The standard InChI is InChI=1S/C17H23N3O2S/c1-3-22-17(21)15-12-23-16(18-15)14-5-8-20(9-6-14)11-13-4-7-19(2)10-13/h4,7,10,12,14H,3,5-6,8-9,11H2,1-2H3. The minimum atomic E-state index is -0.309. The summed E-state index contributed by atoms with van der Waals surface area (Å²) in [5.74, 6) is 0.159. The molecule has 5 nitrogen and oxygen atoms in total. The first-order valence-electron chi connectivity index (χ1n) is 8.11. The number of ether oxygens (including phenoxy) is 1. The van der Waals surface area contributed by atoms with Gasteiger partial charge in [-0.05, 0) is 44.5 Å². The van der Waals surface area contributed by atoms with Crippen LogP contribution in [0.3, 0.4) is 0 Å². The first-order valence-corrected chi connectivity index (χ1v) is 8.99. The number of aromatic nitrogens is 2. The van der Waals surface area contributed by atoms with Gasteiger partial charge in [-0.15, -0.1) is 11.3 Å². The lowest BCUT2D eigenvalue weighted by atomic mass is 9.97. The summed E-state index contributed by atoms with van der Waals surface area (Å²) in [6.45, 7) is 5.37. The van der Waals surface area contributed by atoms with Gasteiger partial charge in [0.15, 0.2) is 5.69 Å². The lowest BCUT2D eigenvalue weighted by Crippen LogP contribution is -2.32. The number of likely N-dealkylation sites (tertiary alicyclic amines) is 1. The Morgan fingerprint density at radius 1 is 1.43 bits per heavy atom. The van der Waals surface area contributed by atoms with Crippen LogP contribution in [0.4, 0.5) is 0 Å². The first kappa shape index (κ1) is 16.2. The van der Waals surface area contributed by atoms with Gasteiger partial charge in [-0.1, -0.05) is 0 Å². The number of esters is 1. The van der Waals surface area contributed by atoms with Crippen LogP contribution in [0.25, 0.3) is 0 Å². The van der Waals surface area contributed by atoms with Gasteiger partial charge in [0.25, 0.3) is 0 Å². The molecule has 0 amide bonds. The molecule has 0 aromatic carbocycles. The van der Waals surface area contributed by atoms with Gasteiger partial charge in [-0.25, -0.2) is 9.78 Å². The number of rotatable bonds is 5. The van der Waals surface area contributed by atoms with E-state index < -0.39 is 0 Å². The third-order valence-corrected chi connectivity index (χ3v) is 5.25. The van der Waals surface area contributed by atoms with Crippen molar-refractivity contribution in [2.24, 2.45) is 7.05 Å². The van der Waals surface area contributed by atoms with E-state index in [1.165, 1.54) is 5.56 Å². The molecule has 3 heterocycles. The van der Waals surface area contributed by atoms with E-state index in [4.69, 9.17) is 4.74 Å². The van der Waals surface area contributed by atoms with Gasteiger partial charge in [0, 0.05) is 37.3 Å². The second-order valence-electron chi connectivity index (χ2n) is 6.03. The van der Waals surface area contributed by atoms with Crippen molar-refractivity contribution in [1.29, 1.82) is 0 Å². The van der Waals surface area contributed by atoms with Gasteiger partial charge in [-0.2, -0.15) is 0 Å². The number of hydrogen-bond acceptors (Lipinski definition) is 5. The van der Waals surface area contributed by atoms with Crippen LogP contribution in [0.5, 0.6) is 0 Å². The Hall–Kier alpha value is -1.66. The molecule has 0 aliphatic carbocycles. The fraction of sp³-hybridized carbons (Fsp3) is 0.529. The number of piperidine rings is 1. The van der Waals surface area contributed by atoms with Crippen molar-refractivity contribution in [2.45, 2.75) is 32.2 Å². The Morgan fingerprint density at radius 3 is 2.87 bits per heavy atom. The normalized spacial score (nSPS) is 16.6. The molecule has 0 spiro atoms. The Bertz CT molecular complexity index is 656. The van der Waals surface area contributed by atoms with Crippen molar-refractivity contribution in [3.05, 3.63) is 40.1 Å². The Balaban J connectivity index is 1.53. The number of hydrogen-bond donors (Lipinski definition) is 0. The summed E-state index contributed by atoms with van der Waals surface area (Å²) in [4.78, 5) is 18.7. The zero-order valence-corrected chi connectivity index (χ0v) is 14.5. The molecule has 1 aliphatic heterocycles. The summed E-state index contributed by atoms with van der Waals surface area (Å²) in [5, 5.41) is 2.90. The molecule has 2 aromatic rings. The molecule has 1 saturated heterocycles. The maximum Gasteiger partial charge on any atom is 0.357 e. The smallest absolute Gasteiger partial charge is 0.357 e. The van der Waals surface area contributed by atoms with Gasteiger partial charge >= 0.3 is 5.97 Å². The van der Waals surface area contributed by atoms with Gasteiger partial charge < -0.3 is 9.30 Å². The van der Waals surface area contributed by atoms with Crippen LogP contribution >= 0.6 is 11.3 Å². The molecule has 0 atom stereocenters. The van der Waals surface area contributed by atoms with E-state index in [1.807, 2.05) is 12.3 Å². The van der Waals surface area contributed by atoms with E-state index in [0.717, 1.165) is 37.5 Å². The first-order chi connectivity index (χ1) is 11.2. The number of carbonyl (C=O) groups excluding carboxylic acids is 1. The highest BCUT2D eigenvalue weighted by molar-refractivity contribution is 7.09. The number of aryl methyl sites for hydroxylation is 1. The summed E-state index contributed by atoms with van der Waals surface area (Å²) in [7, 11) is 2.05. The lowest BCUT2D eigenvalue weighted by molar-refractivity contribution is 0.0520. The van der Waals surface area contributed by atoms with E-state index in [2.05, 4.69) is 40.0 Å². The Kier molecular flexibility index (Phi) is 5.13. The minimum absolute atomic E-state index is 0.309. The lowest BCUT2D eigenvalue weighted by Gasteiger charge is -2.30. The molecule has 6 heteroatoms. The van der Waals surface area contributed by atoms with E-state index in [0.29, 0.717) is 18.2 Å². The maximum atomic E-state index is 11.7. The Labute approximate surface area is 140 Å². The molecule has 0 unspecified atom stereocenters. The maximum absolute atomic E-state index is 11.7. The minimum Gasteiger partial charge on any atom is -0.461 e. The molecule has 0 N–H and O–H groups in total. The van der Waals surface area contributed by atoms with Gasteiger partial charge in [0.1, 0.15) is 0 Å². The molecule has 1 aliphatic rings. The molecule has 0 saturated carbocycles. The summed E-state index contributed by atoms with van der Waals surface area (Å²) in [6.07, 6.45) is 6.47. The highest BCUT2D eigenvalue weighted by atomic mass is 32.1. The van der Waals surface area contributed by atoms with Crippen molar-refractivity contribution in [2.75, 3.05) is 19.7 Å². The van der Waals surface area contributed by atoms with E-state index >= 15 is 0 Å². The van der Waals surface area contributed by atoms with E-state index in [9.17, 15) is 4.79 Å². The predicted octanol–water partition coefficient (Wildman–Crippen LogP) is 3.04. The highest BCUT2D eigenvalue weighted by Crippen LogP contribution is 2.31. The quantitative estimate of drug-likeness (QED) is 0.789. The number of thiazole rings is 1. The van der Waals surface area contributed by atoms with Crippen LogP contribution in [-0.2, 0) is 18.3 Å². The summed E-state index contributed by atoms with van der Waals surface area (Å²) >= 11 is 1.59. The third kappa shape index (κ3) is 4.00. The molecule has 1 fully saturated rings. The molecule has 3 rings (SSSR count). The van der Waals surface area contributed by atoms with Crippen molar-refractivity contribution in [3.63, 3.8) is 0 Å². The van der Waals surface area contributed by atoms with Crippen LogP contribution in [-0.4, -0.2) is 40.1 Å². The van der Waals surface area contributed by atoms with Crippen molar-refractivity contribution in [1.82, 2.24) is 14.5 Å². The molecule has 124 valence electrons. The topological polar surface area (TPSA) is 47.4 Å². The molecular weight excluding hydrogens is 310 g/mol. The van der Waals surface area contributed by atoms with Gasteiger partial charge in [0.05, 0.1) is 11.6 Å². The molecular formula is C17H23N3O2S. The average molecular weight is 333 g/mol. The predicted molar refractivity (Wildman–Crippen MR) is 90.7 cm³/mol. The summed E-state index contributed by atoms with van der Waals surface area (Å²) in [6, 6.07) is 2.18. The fourth-order valence-corrected chi connectivity index (χ4v) is 3.99. The SMILES string of the molecule is CCOC(=O)c1csc(C2CCN(Cc3ccn(C)c3)CC2)n1. The highest BCUT2D eigenvalue weighted by Gasteiger charge is 2.24. The molecule has 23 heavy (non-hydrogen) atoms. The van der Waals surface area contributed by atoms with Crippen molar-refractivity contribution >= 4 is 17.3 Å². The van der Waals surface area contributed by atoms with Crippen LogP contribution in [0.15, 0.2) is 23.8 Å². The molecule has 2 aromatic heterocycles. The van der Waals surface area contributed by atoms with Crippen molar-refractivity contribution < 1.29 is 9.53 Å². The fourth-order valence-electron chi connectivity index (χ4n) is 3.02. The second-order valence-corrected chi connectivity index (χ2v) is 6.92. The molecule has 0 bridgehead atoms. The number of nitrogens with zero attached hydrogens (tertiary/aromatic N) is 3. The zero-order chi connectivity index (χ0) is 16.2. The van der Waals surface area contributed by atoms with E-state index in [1.54, 1.807) is 11.3 Å². The van der Waals surface area contributed by atoms with Crippen LogP contribution in [0, 0.1) is 0 Å². The molecule has 0 radical (unpaired) electrons. The van der Waals surface area contributed by atoms with E-state index in [-0.39, 0.29) is 5.97 Å². The van der Waals surface area contributed by atoms with Crippen LogP contribution in [0.2, 0.25) is 0 Å².